The van der Waals surface area contributed by atoms with E-state index in [9.17, 15) is 15.2 Å². The fourth-order valence-corrected chi connectivity index (χ4v) is 6.24. The molecule has 3 N–H and O–H groups in total. The lowest BCUT2D eigenvalue weighted by molar-refractivity contribution is -0.136. The number of carboxylic acid groups (broad SMARTS) is 1. The highest BCUT2D eigenvalue weighted by Crippen LogP contribution is 2.36. The summed E-state index contributed by atoms with van der Waals surface area (Å²) in [5.74, 6) is 0.935. The summed E-state index contributed by atoms with van der Waals surface area (Å²) in [7, 11) is 0. The maximum Gasteiger partial charge on any atom is 0.304 e. The molecule has 1 atom stereocenters. The molecule has 1 aliphatic rings. The van der Waals surface area contributed by atoms with E-state index in [0.29, 0.717) is 35.2 Å². The van der Waals surface area contributed by atoms with Crippen molar-refractivity contribution in [2.24, 2.45) is 0 Å². The minimum Gasteiger partial charge on any atom is -0.493 e. The zero-order valence-electron chi connectivity index (χ0n) is 28.5. The van der Waals surface area contributed by atoms with Gasteiger partial charge >= 0.3 is 5.97 Å². The van der Waals surface area contributed by atoms with Crippen molar-refractivity contribution in [1.29, 1.82) is 5.26 Å². The normalized spacial score (nSPS) is 14.3. The molecule has 0 saturated carbocycles. The van der Waals surface area contributed by atoms with Crippen LogP contribution in [0.25, 0.3) is 11.1 Å². The molecule has 5 rings (SSSR count). The lowest BCUT2D eigenvalue weighted by Crippen LogP contribution is -2.24. The van der Waals surface area contributed by atoms with E-state index in [1.165, 1.54) is 6.20 Å². The topological polar surface area (TPSA) is 137 Å². The van der Waals surface area contributed by atoms with Crippen LogP contribution >= 0.6 is 11.6 Å². The Morgan fingerprint density at radius 2 is 1.78 bits per heavy atom. The number of ether oxygens (including phenoxy) is 3. The van der Waals surface area contributed by atoms with E-state index in [0.717, 1.165) is 77.2 Å². The maximum atomic E-state index is 11.0. The molecular formula is C39H43ClN4O6. The number of pyridine rings is 1. The van der Waals surface area contributed by atoms with Gasteiger partial charge in [-0.25, -0.2) is 0 Å². The zero-order valence-corrected chi connectivity index (χ0v) is 29.2. The Hall–Kier alpha value is -4.66. The van der Waals surface area contributed by atoms with Crippen molar-refractivity contribution in [3.05, 3.63) is 105 Å². The maximum absolute atomic E-state index is 11.0. The first kappa shape index (κ1) is 36.6. The SMILES string of the molecule is Cc1c(COc2cc(OCc3cncc(C#N)c3)c(CNCCC(=O)O)cc2Cl)cccc1-c1cccc(OCCCN2CC[C@@H](O)C2)c1C. The van der Waals surface area contributed by atoms with Crippen molar-refractivity contribution in [3.63, 3.8) is 0 Å². The summed E-state index contributed by atoms with van der Waals surface area (Å²) in [6.45, 7) is 8.41. The van der Waals surface area contributed by atoms with Crippen LogP contribution in [-0.2, 0) is 24.6 Å². The Labute approximate surface area is 298 Å². The Balaban J connectivity index is 1.28. The van der Waals surface area contributed by atoms with E-state index in [1.807, 2.05) is 24.3 Å². The standard InChI is InChI=1S/C39H43ClN4O6/c1-26-30(6-3-7-33(26)34-8-4-9-36(27(34)2)48-15-5-13-44-14-11-32(45)23-44)25-50-38-18-37(49-24-29-16-28(19-41)20-43-21-29)31(17-35(38)40)22-42-12-10-39(46)47/h3-4,6-9,16-18,20-21,32,42,45H,5,10-15,22-25H2,1-2H3,(H,46,47)/t32-/m1/s1. The number of carboxylic acids is 1. The first-order valence-electron chi connectivity index (χ1n) is 16.8. The van der Waals surface area contributed by atoms with Gasteiger partial charge < -0.3 is 34.6 Å². The molecule has 0 amide bonds. The van der Waals surface area contributed by atoms with E-state index in [2.05, 4.69) is 47.3 Å². The summed E-state index contributed by atoms with van der Waals surface area (Å²) < 4.78 is 18.7. The minimum atomic E-state index is -0.887. The average Bonchev–Trinajstić information content (AvgIpc) is 3.53. The van der Waals surface area contributed by atoms with Gasteiger partial charge in [0.2, 0.25) is 0 Å². The highest BCUT2D eigenvalue weighted by atomic mass is 35.5. The predicted molar refractivity (Wildman–Crippen MR) is 192 cm³/mol. The van der Waals surface area contributed by atoms with Crippen LogP contribution in [0.15, 0.2) is 67.0 Å². The molecule has 50 heavy (non-hydrogen) atoms. The molecule has 1 aromatic heterocycles. The third-order valence-corrected chi connectivity index (χ3v) is 9.09. The number of aromatic nitrogens is 1. The second-order valence-electron chi connectivity index (χ2n) is 12.4. The highest BCUT2D eigenvalue weighted by Gasteiger charge is 2.20. The largest absolute Gasteiger partial charge is 0.493 e. The van der Waals surface area contributed by atoms with Gasteiger partial charge in [-0.15, -0.1) is 0 Å². The molecule has 2 heterocycles. The van der Waals surface area contributed by atoms with E-state index < -0.39 is 5.97 Å². The Kier molecular flexibility index (Phi) is 13.1. The van der Waals surface area contributed by atoms with E-state index in [4.69, 9.17) is 30.9 Å². The first-order valence-corrected chi connectivity index (χ1v) is 17.2. The number of aliphatic carboxylic acids is 1. The lowest BCUT2D eigenvalue weighted by atomic mass is 9.93. The number of aliphatic hydroxyl groups excluding tert-OH is 1. The van der Waals surface area contributed by atoms with Crippen LogP contribution in [0.2, 0.25) is 5.02 Å². The zero-order chi connectivity index (χ0) is 35.5. The molecule has 3 aromatic carbocycles. The number of likely N-dealkylation sites (tertiary alicyclic amines) is 1. The Morgan fingerprint density at radius 1 is 1.00 bits per heavy atom. The van der Waals surface area contributed by atoms with Crippen LogP contribution in [0.4, 0.5) is 0 Å². The summed E-state index contributed by atoms with van der Waals surface area (Å²) in [5.41, 5.74) is 7.23. The van der Waals surface area contributed by atoms with Crippen molar-refractivity contribution in [3.8, 4) is 34.4 Å². The third-order valence-electron chi connectivity index (χ3n) is 8.79. The van der Waals surface area contributed by atoms with Gasteiger partial charge in [0.15, 0.2) is 0 Å². The predicted octanol–water partition coefficient (Wildman–Crippen LogP) is 6.45. The summed E-state index contributed by atoms with van der Waals surface area (Å²) in [4.78, 5) is 17.4. The molecule has 1 fully saturated rings. The van der Waals surface area contributed by atoms with Gasteiger partial charge in [0.05, 0.1) is 29.7 Å². The number of rotatable bonds is 17. The number of carbonyl (C=O) groups is 1. The second kappa shape index (κ2) is 17.8. The Bertz CT molecular complexity index is 1830. The number of nitriles is 1. The van der Waals surface area contributed by atoms with Crippen molar-refractivity contribution >= 4 is 17.6 Å². The smallest absolute Gasteiger partial charge is 0.304 e. The van der Waals surface area contributed by atoms with E-state index in [-0.39, 0.29) is 32.3 Å². The fraction of sp³-hybridized carbons (Fsp3) is 0.359. The minimum absolute atomic E-state index is 0.0156. The molecule has 0 radical (unpaired) electrons. The number of hydrogen-bond donors (Lipinski definition) is 3. The molecule has 0 bridgehead atoms. The fourth-order valence-electron chi connectivity index (χ4n) is 6.00. The average molecular weight is 699 g/mol. The van der Waals surface area contributed by atoms with Crippen molar-refractivity contribution in [2.45, 2.75) is 59.0 Å². The summed E-state index contributed by atoms with van der Waals surface area (Å²) in [5, 5.41) is 31.6. The van der Waals surface area contributed by atoms with Crippen LogP contribution in [-0.4, -0.2) is 65.0 Å². The number of aliphatic hydroxyl groups is 1. The van der Waals surface area contributed by atoms with Crippen LogP contribution in [0.5, 0.6) is 17.2 Å². The first-order chi connectivity index (χ1) is 24.2. The van der Waals surface area contributed by atoms with Gasteiger partial charge in [0, 0.05) is 62.3 Å². The molecule has 1 saturated heterocycles. The number of halogens is 1. The summed E-state index contributed by atoms with van der Waals surface area (Å²) >= 11 is 6.71. The lowest BCUT2D eigenvalue weighted by Gasteiger charge is -2.19. The number of nitrogens with zero attached hydrogens (tertiary/aromatic N) is 3. The van der Waals surface area contributed by atoms with Crippen molar-refractivity contribution in [2.75, 3.05) is 32.8 Å². The quantitative estimate of drug-likeness (QED) is 0.106. The van der Waals surface area contributed by atoms with Gasteiger partial charge in [-0.05, 0) is 72.7 Å². The van der Waals surface area contributed by atoms with Gasteiger partial charge in [-0.3, -0.25) is 9.78 Å². The van der Waals surface area contributed by atoms with Crippen LogP contribution in [0.1, 0.15) is 52.6 Å². The number of β-amino-alcohol motifs (C(OH)–C–C–N with tert-alkyl or cyclic N) is 1. The summed E-state index contributed by atoms with van der Waals surface area (Å²) in [6.07, 6.45) is 4.64. The van der Waals surface area contributed by atoms with Gasteiger partial charge in [0.1, 0.15) is 36.5 Å². The van der Waals surface area contributed by atoms with E-state index >= 15 is 0 Å². The highest BCUT2D eigenvalue weighted by molar-refractivity contribution is 6.32. The molecule has 0 unspecified atom stereocenters. The molecule has 1 aliphatic heterocycles. The van der Waals surface area contributed by atoms with Crippen LogP contribution in [0.3, 0.4) is 0 Å². The van der Waals surface area contributed by atoms with Gasteiger partial charge in [-0.2, -0.15) is 5.26 Å². The molecule has 10 nitrogen and oxygen atoms in total. The third kappa shape index (κ3) is 9.96. The molecule has 11 heteroatoms. The number of benzene rings is 3. The van der Waals surface area contributed by atoms with Gasteiger partial charge in [0.25, 0.3) is 0 Å². The Morgan fingerprint density at radius 3 is 2.54 bits per heavy atom. The number of nitrogens with one attached hydrogen (secondary N) is 1. The van der Waals surface area contributed by atoms with Gasteiger partial charge in [-0.1, -0.05) is 41.9 Å². The monoisotopic (exact) mass is 698 g/mol. The molecule has 4 aromatic rings. The molecule has 0 aliphatic carbocycles. The van der Waals surface area contributed by atoms with Crippen LogP contribution in [0, 0.1) is 25.2 Å². The molecule has 0 spiro atoms. The summed E-state index contributed by atoms with van der Waals surface area (Å²) in [6, 6.07) is 19.6. The van der Waals surface area contributed by atoms with Crippen molar-refractivity contribution < 1.29 is 29.2 Å². The second-order valence-corrected chi connectivity index (χ2v) is 12.9. The van der Waals surface area contributed by atoms with Crippen molar-refractivity contribution in [1.82, 2.24) is 15.2 Å². The van der Waals surface area contributed by atoms with E-state index in [1.54, 1.807) is 24.4 Å². The number of hydrogen-bond acceptors (Lipinski definition) is 9. The molecule has 262 valence electrons. The van der Waals surface area contributed by atoms with Crippen LogP contribution < -0.4 is 19.5 Å². The molecular weight excluding hydrogens is 656 g/mol.